The number of nitrogens with zero attached hydrogens (tertiary/aromatic N) is 1. The Balaban J connectivity index is 1.49. The number of benzene rings is 1. The summed E-state index contributed by atoms with van der Waals surface area (Å²) < 4.78 is 0. The standard InChI is InChI=1S/C18H25N3O2/c22-17(12-19-11-14-7-8-14)20-16-5-3-4-15(10-16)13-21-9-2-1-6-18(21)23/h3-5,10,14,19H,1-2,6-9,11-13H2,(H,20,22). The molecule has 0 unspecified atom stereocenters. The van der Waals surface area contributed by atoms with Gasteiger partial charge in [-0.05, 0) is 55.8 Å². The van der Waals surface area contributed by atoms with Crippen molar-refractivity contribution in [3.63, 3.8) is 0 Å². The van der Waals surface area contributed by atoms with Gasteiger partial charge in [0.2, 0.25) is 11.8 Å². The van der Waals surface area contributed by atoms with Crippen LogP contribution in [-0.2, 0) is 16.1 Å². The van der Waals surface area contributed by atoms with Crippen molar-refractivity contribution in [3.8, 4) is 0 Å². The van der Waals surface area contributed by atoms with Gasteiger partial charge in [0.15, 0.2) is 0 Å². The third-order valence-electron chi connectivity index (χ3n) is 4.42. The molecule has 23 heavy (non-hydrogen) atoms. The largest absolute Gasteiger partial charge is 0.338 e. The number of hydrogen-bond donors (Lipinski definition) is 2. The molecule has 0 aromatic heterocycles. The molecule has 1 aliphatic heterocycles. The Labute approximate surface area is 137 Å². The molecule has 1 heterocycles. The number of likely N-dealkylation sites (tertiary alicyclic amines) is 1. The maximum Gasteiger partial charge on any atom is 0.238 e. The lowest BCUT2D eigenvalue weighted by molar-refractivity contribution is -0.133. The van der Waals surface area contributed by atoms with E-state index in [1.807, 2.05) is 29.2 Å². The fraction of sp³-hybridized carbons (Fsp3) is 0.556. The highest BCUT2D eigenvalue weighted by molar-refractivity contribution is 5.92. The third kappa shape index (κ3) is 5.06. The summed E-state index contributed by atoms with van der Waals surface area (Å²) in [5, 5.41) is 6.11. The van der Waals surface area contributed by atoms with Crippen molar-refractivity contribution in [1.82, 2.24) is 10.2 Å². The number of piperidine rings is 1. The van der Waals surface area contributed by atoms with Gasteiger partial charge in [0, 0.05) is 25.2 Å². The normalized spacial score (nSPS) is 18.1. The summed E-state index contributed by atoms with van der Waals surface area (Å²) in [7, 11) is 0. The van der Waals surface area contributed by atoms with Gasteiger partial charge in [-0.2, -0.15) is 0 Å². The van der Waals surface area contributed by atoms with Crippen molar-refractivity contribution in [2.75, 3.05) is 25.0 Å². The lowest BCUT2D eigenvalue weighted by Gasteiger charge is -2.26. The number of carbonyl (C=O) groups is 2. The van der Waals surface area contributed by atoms with Gasteiger partial charge in [-0.1, -0.05) is 12.1 Å². The molecule has 2 aliphatic rings. The van der Waals surface area contributed by atoms with Crippen LogP contribution in [0.4, 0.5) is 5.69 Å². The maximum atomic E-state index is 11.9. The molecule has 0 spiro atoms. The smallest absolute Gasteiger partial charge is 0.238 e. The van der Waals surface area contributed by atoms with Crippen LogP contribution in [0.1, 0.15) is 37.7 Å². The average Bonchev–Trinajstić information content (AvgIpc) is 3.34. The Morgan fingerprint density at radius 3 is 2.91 bits per heavy atom. The number of rotatable bonds is 7. The summed E-state index contributed by atoms with van der Waals surface area (Å²) >= 11 is 0. The molecular formula is C18H25N3O2. The quantitative estimate of drug-likeness (QED) is 0.810. The van der Waals surface area contributed by atoms with Gasteiger partial charge in [0.1, 0.15) is 0 Å². The highest BCUT2D eigenvalue weighted by atomic mass is 16.2. The van der Waals surface area contributed by atoms with Crippen molar-refractivity contribution >= 4 is 17.5 Å². The first-order valence-electron chi connectivity index (χ1n) is 8.58. The molecule has 1 aliphatic carbocycles. The van der Waals surface area contributed by atoms with Gasteiger partial charge in [-0.3, -0.25) is 9.59 Å². The zero-order valence-corrected chi connectivity index (χ0v) is 13.5. The van der Waals surface area contributed by atoms with Crippen molar-refractivity contribution in [2.24, 2.45) is 5.92 Å². The predicted molar refractivity (Wildman–Crippen MR) is 89.9 cm³/mol. The molecule has 2 N–H and O–H groups in total. The Bertz CT molecular complexity index is 569. The molecular weight excluding hydrogens is 290 g/mol. The van der Waals surface area contributed by atoms with E-state index in [1.165, 1.54) is 12.8 Å². The Morgan fingerprint density at radius 2 is 2.13 bits per heavy atom. The van der Waals surface area contributed by atoms with Crippen LogP contribution in [0.3, 0.4) is 0 Å². The molecule has 124 valence electrons. The number of hydrogen-bond acceptors (Lipinski definition) is 3. The molecule has 2 fully saturated rings. The molecule has 0 atom stereocenters. The van der Waals surface area contributed by atoms with E-state index in [4.69, 9.17) is 0 Å². The fourth-order valence-corrected chi connectivity index (χ4v) is 2.91. The highest BCUT2D eigenvalue weighted by Gasteiger charge is 2.20. The molecule has 2 amide bonds. The lowest BCUT2D eigenvalue weighted by Crippen LogP contribution is -2.34. The summed E-state index contributed by atoms with van der Waals surface area (Å²) in [6, 6.07) is 7.78. The van der Waals surface area contributed by atoms with E-state index in [2.05, 4.69) is 10.6 Å². The van der Waals surface area contributed by atoms with Crippen molar-refractivity contribution < 1.29 is 9.59 Å². The highest BCUT2D eigenvalue weighted by Crippen LogP contribution is 2.27. The molecule has 1 saturated carbocycles. The fourth-order valence-electron chi connectivity index (χ4n) is 2.91. The summed E-state index contributed by atoms with van der Waals surface area (Å²) in [4.78, 5) is 25.7. The number of carbonyl (C=O) groups excluding carboxylic acids is 2. The van der Waals surface area contributed by atoms with Crippen LogP contribution < -0.4 is 10.6 Å². The van der Waals surface area contributed by atoms with Gasteiger partial charge in [-0.25, -0.2) is 0 Å². The molecule has 5 heteroatoms. The first kappa shape index (κ1) is 16.0. The van der Waals surface area contributed by atoms with Crippen LogP contribution in [0.5, 0.6) is 0 Å². The second-order valence-corrected chi connectivity index (χ2v) is 6.60. The van der Waals surface area contributed by atoms with E-state index < -0.39 is 0 Å². The molecule has 0 radical (unpaired) electrons. The minimum absolute atomic E-state index is 0.0168. The summed E-state index contributed by atoms with van der Waals surface area (Å²) in [5.74, 6) is 0.986. The van der Waals surface area contributed by atoms with E-state index in [9.17, 15) is 9.59 Å². The first-order chi connectivity index (χ1) is 11.2. The van der Waals surface area contributed by atoms with Crippen LogP contribution in [0.15, 0.2) is 24.3 Å². The SMILES string of the molecule is O=C(CNCC1CC1)Nc1cccc(CN2CCCCC2=O)c1. The Morgan fingerprint density at radius 1 is 1.26 bits per heavy atom. The van der Waals surface area contributed by atoms with Gasteiger partial charge in [0.05, 0.1) is 6.54 Å². The van der Waals surface area contributed by atoms with Crippen molar-refractivity contribution in [3.05, 3.63) is 29.8 Å². The average molecular weight is 315 g/mol. The van der Waals surface area contributed by atoms with E-state index in [0.29, 0.717) is 19.5 Å². The molecule has 5 nitrogen and oxygen atoms in total. The monoisotopic (exact) mass is 315 g/mol. The second kappa shape index (κ2) is 7.59. The molecule has 0 bridgehead atoms. The third-order valence-corrected chi connectivity index (χ3v) is 4.42. The molecule has 3 rings (SSSR count). The Kier molecular flexibility index (Phi) is 5.28. The summed E-state index contributed by atoms with van der Waals surface area (Å²) in [5.41, 5.74) is 1.86. The van der Waals surface area contributed by atoms with Gasteiger partial charge >= 0.3 is 0 Å². The number of amides is 2. The molecule has 1 aromatic carbocycles. The minimum atomic E-state index is -0.0168. The van der Waals surface area contributed by atoms with E-state index in [-0.39, 0.29) is 11.8 Å². The maximum absolute atomic E-state index is 11.9. The zero-order valence-electron chi connectivity index (χ0n) is 13.5. The zero-order chi connectivity index (χ0) is 16.1. The van der Waals surface area contributed by atoms with Crippen molar-refractivity contribution in [2.45, 2.75) is 38.6 Å². The van der Waals surface area contributed by atoms with E-state index >= 15 is 0 Å². The molecule has 1 aromatic rings. The van der Waals surface area contributed by atoms with Gasteiger partial charge < -0.3 is 15.5 Å². The van der Waals surface area contributed by atoms with Crippen LogP contribution in [0.25, 0.3) is 0 Å². The second-order valence-electron chi connectivity index (χ2n) is 6.60. The molecule has 1 saturated heterocycles. The van der Waals surface area contributed by atoms with Gasteiger partial charge in [0.25, 0.3) is 0 Å². The van der Waals surface area contributed by atoms with Crippen LogP contribution in [-0.4, -0.2) is 36.3 Å². The van der Waals surface area contributed by atoms with Crippen LogP contribution in [0, 0.1) is 5.92 Å². The minimum Gasteiger partial charge on any atom is -0.338 e. The predicted octanol–water partition coefficient (Wildman–Crippen LogP) is 2.14. The topological polar surface area (TPSA) is 61.4 Å². The van der Waals surface area contributed by atoms with Crippen LogP contribution in [0.2, 0.25) is 0 Å². The van der Waals surface area contributed by atoms with Gasteiger partial charge in [-0.15, -0.1) is 0 Å². The number of nitrogens with one attached hydrogen (secondary N) is 2. The van der Waals surface area contributed by atoms with E-state index in [1.54, 1.807) is 0 Å². The Hall–Kier alpha value is -1.88. The lowest BCUT2D eigenvalue weighted by atomic mass is 10.1. The first-order valence-corrected chi connectivity index (χ1v) is 8.58. The number of anilines is 1. The van der Waals surface area contributed by atoms with E-state index in [0.717, 1.165) is 43.1 Å². The van der Waals surface area contributed by atoms with Crippen LogP contribution >= 0.6 is 0 Å². The van der Waals surface area contributed by atoms with Crippen molar-refractivity contribution in [1.29, 1.82) is 0 Å². The summed E-state index contributed by atoms with van der Waals surface area (Å²) in [6.45, 7) is 2.75. The summed E-state index contributed by atoms with van der Waals surface area (Å²) in [6.07, 6.45) is 5.30.